The van der Waals surface area contributed by atoms with Crippen LogP contribution in [0.3, 0.4) is 0 Å². The van der Waals surface area contributed by atoms with Crippen molar-refractivity contribution in [1.82, 2.24) is 9.79 Å². The average Bonchev–Trinajstić information content (AvgIpc) is 2.89. The van der Waals surface area contributed by atoms with Crippen molar-refractivity contribution >= 4 is 27.9 Å². The standard InChI is InChI=1S/C12H16BrNOS.C5H13NO/c1-10-11-6-2-3-7-12(11)16-14(10)15-9-5-4-8-13;1-3-6-4-5-7-2/h2-3,6-7,10H,4-5,8-9H2,1H3;6H,3-5H2,1-2H3. The molecule has 1 heterocycles. The molecule has 6 heteroatoms. The molecule has 1 atom stereocenters. The van der Waals surface area contributed by atoms with Crippen LogP contribution in [0.25, 0.3) is 0 Å². The number of hydrogen-bond acceptors (Lipinski definition) is 5. The maximum absolute atomic E-state index is 5.78. The van der Waals surface area contributed by atoms with E-state index in [2.05, 4.69) is 59.4 Å². The monoisotopic (exact) mass is 404 g/mol. The molecule has 0 spiro atoms. The minimum atomic E-state index is 0.352. The molecule has 1 unspecified atom stereocenters. The first-order chi connectivity index (χ1) is 11.2. The minimum absolute atomic E-state index is 0.352. The number of ether oxygens (including phenoxy) is 1. The van der Waals surface area contributed by atoms with Gasteiger partial charge in [-0.1, -0.05) is 41.1 Å². The largest absolute Gasteiger partial charge is 0.383 e. The Labute approximate surface area is 153 Å². The predicted octanol–water partition coefficient (Wildman–Crippen LogP) is 4.42. The number of hydrogen-bond donors (Lipinski definition) is 1. The normalized spacial score (nSPS) is 16.8. The SMILES string of the molecule is CC1c2ccccc2SN1OCCCCBr.CCNCCOC. The van der Waals surface area contributed by atoms with Gasteiger partial charge in [0, 0.05) is 23.9 Å². The van der Waals surface area contributed by atoms with Gasteiger partial charge in [-0.05, 0) is 49.9 Å². The molecule has 0 saturated carbocycles. The van der Waals surface area contributed by atoms with Crippen molar-refractivity contribution in [3.63, 3.8) is 0 Å². The molecule has 1 N–H and O–H groups in total. The topological polar surface area (TPSA) is 33.7 Å². The Morgan fingerprint density at radius 2 is 2.04 bits per heavy atom. The molecule has 2 rings (SSSR count). The molecule has 0 saturated heterocycles. The van der Waals surface area contributed by atoms with Crippen LogP contribution in [0.1, 0.15) is 38.3 Å². The molecule has 0 bridgehead atoms. The summed E-state index contributed by atoms with van der Waals surface area (Å²) in [4.78, 5) is 7.09. The van der Waals surface area contributed by atoms with Crippen molar-refractivity contribution in [2.45, 2.75) is 37.6 Å². The number of fused-ring (bicyclic) bond motifs is 1. The van der Waals surface area contributed by atoms with Gasteiger partial charge in [-0.15, -0.1) is 4.47 Å². The number of rotatable bonds is 9. The molecule has 0 amide bonds. The first kappa shape index (κ1) is 20.9. The Balaban J connectivity index is 0.000000322. The molecule has 0 aliphatic carbocycles. The highest BCUT2D eigenvalue weighted by Gasteiger charge is 2.28. The summed E-state index contributed by atoms with van der Waals surface area (Å²) in [6.07, 6.45) is 2.27. The number of halogens is 1. The summed E-state index contributed by atoms with van der Waals surface area (Å²) in [5.74, 6) is 0. The van der Waals surface area contributed by atoms with Gasteiger partial charge in [0.15, 0.2) is 0 Å². The lowest BCUT2D eigenvalue weighted by atomic mass is 10.1. The second-order valence-corrected chi connectivity index (χ2v) is 6.94. The molecule has 0 radical (unpaired) electrons. The van der Waals surface area contributed by atoms with Gasteiger partial charge in [0.25, 0.3) is 0 Å². The molecule has 1 aliphatic rings. The Morgan fingerprint density at radius 3 is 2.70 bits per heavy atom. The Morgan fingerprint density at radius 1 is 1.26 bits per heavy atom. The van der Waals surface area contributed by atoms with E-state index in [1.54, 1.807) is 19.1 Å². The van der Waals surface area contributed by atoms with E-state index in [4.69, 9.17) is 9.57 Å². The zero-order chi connectivity index (χ0) is 16.9. The van der Waals surface area contributed by atoms with Gasteiger partial charge < -0.3 is 10.1 Å². The summed E-state index contributed by atoms with van der Waals surface area (Å²) < 4.78 is 6.79. The quantitative estimate of drug-likeness (QED) is 0.374. The van der Waals surface area contributed by atoms with Gasteiger partial charge >= 0.3 is 0 Å². The lowest BCUT2D eigenvalue weighted by Gasteiger charge is -2.18. The molecule has 0 aromatic heterocycles. The van der Waals surface area contributed by atoms with Crippen LogP contribution in [0.2, 0.25) is 0 Å². The number of methoxy groups -OCH3 is 1. The number of hydroxylamine groups is 1. The third kappa shape index (κ3) is 8.01. The van der Waals surface area contributed by atoms with E-state index in [0.29, 0.717) is 6.04 Å². The fourth-order valence-electron chi connectivity index (χ4n) is 2.04. The molecule has 1 aromatic rings. The predicted molar refractivity (Wildman–Crippen MR) is 102 cm³/mol. The maximum atomic E-state index is 5.78. The van der Waals surface area contributed by atoms with Crippen molar-refractivity contribution < 1.29 is 9.57 Å². The van der Waals surface area contributed by atoms with Crippen molar-refractivity contribution in [1.29, 1.82) is 0 Å². The molecule has 4 nitrogen and oxygen atoms in total. The summed E-state index contributed by atoms with van der Waals surface area (Å²) >= 11 is 5.13. The van der Waals surface area contributed by atoms with Gasteiger partial charge in [0.1, 0.15) is 0 Å². The van der Waals surface area contributed by atoms with Crippen LogP contribution >= 0.6 is 27.9 Å². The van der Waals surface area contributed by atoms with E-state index in [9.17, 15) is 0 Å². The van der Waals surface area contributed by atoms with Crippen LogP contribution in [-0.2, 0) is 9.57 Å². The first-order valence-electron chi connectivity index (χ1n) is 8.19. The van der Waals surface area contributed by atoms with Crippen LogP contribution < -0.4 is 5.32 Å². The fourth-order valence-corrected chi connectivity index (χ4v) is 3.51. The zero-order valence-electron chi connectivity index (χ0n) is 14.4. The Bertz CT molecular complexity index is 419. The number of benzene rings is 1. The highest BCUT2D eigenvalue weighted by Crippen LogP contribution is 2.43. The summed E-state index contributed by atoms with van der Waals surface area (Å²) in [6.45, 7) is 7.88. The van der Waals surface area contributed by atoms with E-state index in [0.717, 1.165) is 38.1 Å². The van der Waals surface area contributed by atoms with E-state index in [1.807, 2.05) is 4.47 Å². The Hall–Kier alpha value is -0.110. The maximum Gasteiger partial charge on any atom is 0.0704 e. The number of nitrogens with zero attached hydrogens (tertiary/aromatic N) is 1. The highest BCUT2D eigenvalue weighted by atomic mass is 79.9. The van der Waals surface area contributed by atoms with Crippen molar-refractivity contribution in [2.24, 2.45) is 0 Å². The van der Waals surface area contributed by atoms with E-state index in [1.165, 1.54) is 16.9 Å². The highest BCUT2D eigenvalue weighted by molar-refractivity contribution is 9.09. The molecule has 1 aromatic carbocycles. The zero-order valence-corrected chi connectivity index (χ0v) is 16.8. The van der Waals surface area contributed by atoms with Gasteiger partial charge in [-0.2, -0.15) is 0 Å². The van der Waals surface area contributed by atoms with Crippen molar-refractivity contribution in [3.8, 4) is 0 Å². The van der Waals surface area contributed by atoms with Crippen molar-refractivity contribution in [3.05, 3.63) is 29.8 Å². The third-order valence-electron chi connectivity index (χ3n) is 3.35. The number of nitrogens with one attached hydrogen (secondary N) is 1. The van der Waals surface area contributed by atoms with Gasteiger partial charge in [0.05, 0.1) is 19.3 Å². The van der Waals surface area contributed by atoms with Crippen LogP contribution in [0.4, 0.5) is 0 Å². The summed E-state index contributed by atoms with van der Waals surface area (Å²) in [5.41, 5.74) is 1.37. The average molecular weight is 405 g/mol. The third-order valence-corrected chi connectivity index (χ3v) is 5.08. The van der Waals surface area contributed by atoms with Gasteiger partial charge in [-0.25, -0.2) is 0 Å². The number of unbranched alkanes of at least 4 members (excludes halogenated alkanes) is 1. The molecule has 1 aliphatic heterocycles. The Kier molecular flexibility index (Phi) is 12.0. The second-order valence-electron chi connectivity index (χ2n) is 5.17. The van der Waals surface area contributed by atoms with E-state index < -0.39 is 0 Å². The lowest BCUT2D eigenvalue weighted by molar-refractivity contribution is -0.0977. The molecular formula is C17H29BrN2O2S. The lowest BCUT2D eigenvalue weighted by Crippen LogP contribution is -2.17. The van der Waals surface area contributed by atoms with Crippen LogP contribution in [0, 0.1) is 0 Å². The minimum Gasteiger partial charge on any atom is -0.383 e. The molecule has 23 heavy (non-hydrogen) atoms. The van der Waals surface area contributed by atoms with E-state index in [-0.39, 0.29) is 0 Å². The smallest absolute Gasteiger partial charge is 0.0704 e. The first-order valence-corrected chi connectivity index (χ1v) is 10.1. The van der Waals surface area contributed by atoms with Gasteiger partial charge in [0.2, 0.25) is 0 Å². The number of likely N-dealkylation sites (N-methyl/N-ethyl adjacent to an activating group) is 1. The fraction of sp³-hybridized carbons (Fsp3) is 0.647. The van der Waals surface area contributed by atoms with Crippen LogP contribution in [0.5, 0.6) is 0 Å². The summed E-state index contributed by atoms with van der Waals surface area (Å²) in [7, 11) is 1.71. The van der Waals surface area contributed by atoms with Gasteiger partial charge in [-0.3, -0.25) is 4.84 Å². The second kappa shape index (κ2) is 13.2. The number of alkyl halides is 1. The molecule has 132 valence electrons. The summed E-state index contributed by atoms with van der Waals surface area (Å²) in [6, 6.07) is 8.84. The van der Waals surface area contributed by atoms with E-state index >= 15 is 0 Å². The molecular weight excluding hydrogens is 376 g/mol. The van der Waals surface area contributed by atoms with Crippen LogP contribution in [0.15, 0.2) is 29.2 Å². The van der Waals surface area contributed by atoms with Crippen LogP contribution in [-0.4, -0.2) is 43.2 Å². The summed E-state index contributed by atoms with van der Waals surface area (Å²) in [5, 5.41) is 4.18. The van der Waals surface area contributed by atoms with Crippen molar-refractivity contribution in [2.75, 3.05) is 38.7 Å². The molecule has 0 fully saturated rings.